The van der Waals surface area contributed by atoms with E-state index in [9.17, 15) is 9.90 Å². The predicted molar refractivity (Wildman–Crippen MR) is 74.7 cm³/mol. The van der Waals surface area contributed by atoms with E-state index in [1.54, 1.807) is 0 Å². The summed E-state index contributed by atoms with van der Waals surface area (Å²) in [6.07, 6.45) is 1.05. The van der Waals surface area contributed by atoms with E-state index in [4.69, 9.17) is 0 Å². The molecule has 0 aromatic heterocycles. The van der Waals surface area contributed by atoms with Gasteiger partial charge in [0.15, 0.2) is 5.78 Å². The first-order chi connectivity index (χ1) is 8.61. The number of carbonyl (C=O) groups is 1. The lowest BCUT2D eigenvalue weighted by atomic mass is 10.0. The molecule has 0 amide bonds. The average molecular weight is 312 g/mol. The van der Waals surface area contributed by atoms with Crippen LogP contribution in [0.4, 0.5) is 0 Å². The van der Waals surface area contributed by atoms with Crippen molar-refractivity contribution in [3.8, 4) is 0 Å². The van der Waals surface area contributed by atoms with Gasteiger partial charge in [-0.15, -0.1) is 0 Å². The first-order valence-electron chi connectivity index (χ1n) is 6.25. The van der Waals surface area contributed by atoms with E-state index in [1.807, 2.05) is 24.3 Å². The second-order valence-corrected chi connectivity index (χ2v) is 5.84. The Hall–Kier alpha value is -0.710. The molecular formula is C14H18BrNO2. The lowest BCUT2D eigenvalue weighted by Gasteiger charge is -2.24. The van der Waals surface area contributed by atoms with Crippen molar-refractivity contribution in [2.45, 2.75) is 19.4 Å². The van der Waals surface area contributed by atoms with Crippen LogP contribution in [0, 0.1) is 5.92 Å². The van der Waals surface area contributed by atoms with Gasteiger partial charge in [-0.3, -0.25) is 9.69 Å². The molecule has 0 spiro atoms. The molecule has 1 N–H and O–H groups in total. The summed E-state index contributed by atoms with van der Waals surface area (Å²) in [7, 11) is 0. The Labute approximate surface area is 116 Å². The van der Waals surface area contributed by atoms with Crippen LogP contribution in [0.3, 0.4) is 0 Å². The molecule has 0 bridgehead atoms. The molecule has 1 aliphatic heterocycles. The molecule has 98 valence electrons. The fourth-order valence-electron chi connectivity index (χ4n) is 2.52. The zero-order chi connectivity index (χ0) is 13.1. The number of aliphatic hydroxyl groups is 1. The first-order valence-corrected chi connectivity index (χ1v) is 7.05. The van der Waals surface area contributed by atoms with Crippen LogP contribution in [0.15, 0.2) is 28.7 Å². The second-order valence-electron chi connectivity index (χ2n) is 4.92. The number of ketones is 1. The highest BCUT2D eigenvalue weighted by atomic mass is 79.9. The van der Waals surface area contributed by atoms with E-state index >= 15 is 0 Å². The normalized spacial score (nSPS) is 24.4. The van der Waals surface area contributed by atoms with Gasteiger partial charge < -0.3 is 5.11 Å². The van der Waals surface area contributed by atoms with Crippen LogP contribution >= 0.6 is 15.9 Å². The van der Waals surface area contributed by atoms with E-state index in [0.717, 1.165) is 23.0 Å². The Morgan fingerprint density at radius 2 is 2.33 bits per heavy atom. The Morgan fingerprint density at radius 1 is 1.56 bits per heavy atom. The van der Waals surface area contributed by atoms with Crippen LogP contribution in [0.5, 0.6) is 0 Å². The SMILES string of the molecule is CC1CCN(CC(=O)c2cccc(Br)c2)C1CO. The van der Waals surface area contributed by atoms with Crippen molar-refractivity contribution in [1.82, 2.24) is 4.90 Å². The standard InChI is InChI=1S/C14H18BrNO2/c1-10-5-6-16(13(10)9-17)8-14(18)11-3-2-4-12(15)7-11/h2-4,7,10,13,17H,5-6,8-9H2,1H3. The van der Waals surface area contributed by atoms with E-state index in [2.05, 4.69) is 27.8 Å². The van der Waals surface area contributed by atoms with E-state index in [0.29, 0.717) is 12.5 Å². The van der Waals surface area contributed by atoms with Crippen LogP contribution in [0.25, 0.3) is 0 Å². The molecule has 1 aromatic carbocycles. The van der Waals surface area contributed by atoms with Gasteiger partial charge in [-0.25, -0.2) is 0 Å². The molecule has 1 aliphatic rings. The number of carbonyl (C=O) groups excluding carboxylic acids is 1. The third kappa shape index (κ3) is 2.99. The lowest BCUT2D eigenvalue weighted by molar-refractivity contribution is 0.0866. The van der Waals surface area contributed by atoms with Crippen molar-refractivity contribution in [1.29, 1.82) is 0 Å². The number of nitrogens with zero attached hydrogens (tertiary/aromatic N) is 1. The summed E-state index contributed by atoms with van der Waals surface area (Å²) in [5.74, 6) is 0.578. The fourth-order valence-corrected chi connectivity index (χ4v) is 2.92. The summed E-state index contributed by atoms with van der Waals surface area (Å²) in [5, 5.41) is 9.37. The fraction of sp³-hybridized carbons (Fsp3) is 0.500. The molecule has 2 rings (SSSR count). The Bertz CT molecular complexity index is 436. The molecule has 1 fully saturated rings. The molecule has 1 aromatic rings. The maximum absolute atomic E-state index is 12.2. The van der Waals surface area contributed by atoms with E-state index < -0.39 is 0 Å². The number of Topliss-reactive ketones (excluding diaryl/α,β-unsaturated/α-hetero) is 1. The number of aliphatic hydroxyl groups excluding tert-OH is 1. The highest BCUT2D eigenvalue weighted by Crippen LogP contribution is 2.23. The van der Waals surface area contributed by atoms with Gasteiger partial charge in [0, 0.05) is 16.1 Å². The Balaban J connectivity index is 2.03. The summed E-state index contributed by atoms with van der Waals surface area (Å²) in [6, 6.07) is 7.58. The summed E-state index contributed by atoms with van der Waals surface area (Å²) in [4.78, 5) is 14.3. The molecule has 0 radical (unpaired) electrons. The zero-order valence-corrected chi connectivity index (χ0v) is 12.1. The topological polar surface area (TPSA) is 40.5 Å². The minimum absolute atomic E-state index is 0.115. The van der Waals surface area contributed by atoms with E-state index in [-0.39, 0.29) is 18.4 Å². The van der Waals surface area contributed by atoms with Crippen LogP contribution in [0.1, 0.15) is 23.7 Å². The van der Waals surface area contributed by atoms with Gasteiger partial charge in [0.1, 0.15) is 0 Å². The van der Waals surface area contributed by atoms with Gasteiger partial charge in [0.05, 0.1) is 13.2 Å². The quantitative estimate of drug-likeness (QED) is 0.868. The van der Waals surface area contributed by atoms with Crippen LogP contribution in [-0.4, -0.2) is 41.5 Å². The number of hydrogen-bond donors (Lipinski definition) is 1. The van der Waals surface area contributed by atoms with Crippen LogP contribution in [0.2, 0.25) is 0 Å². The minimum atomic E-state index is 0.115. The maximum atomic E-state index is 12.2. The number of rotatable bonds is 4. The summed E-state index contributed by atoms with van der Waals surface area (Å²) < 4.78 is 0.918. The van der Waals surface area contributed by atoms with Gasteiger partial charge in [-0.05, 0) is 31.0 Å². The van der Waals surface area contributed by atoms with Gasteiger partial charge >= 0.3 is 0 Å². The van der Waals surface area contributed by atoms with Gasteiger partial charge in [0.25, 0.3) is 0 Å². The number of hydrogen-bond acceptors (Lipinski definition) is 3. The average Bonchev–Trinajstić information content (AvgIpc) is 2.69. The van der Waals surface area contributed by atoms with Gasteiger partial charge in [0.2, 0.25) is 0 Å². The van der Waals surface area contributed by atoms with E-state index in [1.165, 1.54) is 0 Å². The molecule has 1 heterocycles. The van der Waals surface area contributed by atoms with Crippen molar-refractivity contribution in [2.24, 2.45) is 5.92 Å². The minimum Gasteiger partial charge on any atom is -0.395 e. The zero-order valence-electron chi connectivity index (χ0n) is 10.5. The molecule has 4 heteroatoms. The van der Waals surface area contributed by atoms with Crippen LogP contribution < -0.4 is 0 Å². The number of benzene rings is 1. The summed E-state index contributed by atoms with van der Waals surface area (Å²) >= 11 is 3.37. The molecule has 0 aliphatic carbocycles. The highest BCUT2D eigenvalue weighted by Gasteiger charge is 2.31. The monoisotopic (exact) mass is 311 g/mol. The highest BCUT2D eigenvalue weighted by molar-refractivity contribution is 9.10. The van der Waals surface area contributed by atoms with Crippen molar-refractivity contribution < 1.29 is 9.90 Å². The third-order valence-corrected chi connectivity index (χ3v) is 4.17. The first kappa shape index (κ1) is 13.7. The molecule has 18 heavy (non-hydrogen) atoms. The Morgan fingerprint density at radius 3 is 3.00 bits per heavy atom. The predicted octanol–water partition coefficient (Wildman–Crippen LogP) is 2.33. The van der Waals surface area contributed by atoms with Gasteiger partial charge in [-0.2, -0.15) is 0 Å². The third-order valence-electron chi connectivity index (χ3n) is 3.68. The van der Waals surface area contributed by atoms with Crippen LogP contribution in [-0.2, 0) is 0 Å². The largest absolute Gasteiger partial charge is 0.395 e. The number of likely N-dealkylation sites (tertiary alicyclic amines) is 1. The van der Waals surface area contributed by atoms with Crippen molar-refractivity contribution >= 4 is 21.7 Å². The summed E-state index contributed by atoms with van der Waals surface area (Å²) in [6.45, 7) is 3.55. The summed E-state index contributed by atoms with van der Waals surface area (Å²) in [5.41, 5.74) is 0.723. The molecular weight excluding hydrogens is 294 g/mol. The van der Waals surface area contributed by atoms with Crippen molar-refractivity contribution in [2.75, 3.05) is 19.7 Å². The molecule has 3 nitrogen and oxygen atoms in total. The second kappa shape index (κ2) is 5.95. The van der Waals surface area contributed by atoms with Crippen molar-refractivity contribution in [3.63, 3.8) is 0 Å². The number of halogens is 1. The molecule has 1 saturated heterocycles. The molecule has 2 atom stereocenters. The molecule has 2 unspecified atom stereocenters. The smallest absolute Gasteiger partial charge is 0.176 e. The molecule has 0 saturated carbocycles. The Kier molecular flexibility index (Phi) is 4.54. The lowest BCUT2D eigenvalue weighted by Crippen LogP contribution is -2.38. The van der Waals surface area contributed by atoms with Gasteiger partial charge in [-0.1, -0.05) is 35.0 Å². The van der Waals surface area contributed by atoms with Crippen molar-refractivity contribution in [3.05, 3.63) is 34.3 Å². The maximum Gasteiger partial charge on any atom is 0.176 e.